The summed E-state index contributed by atoms with van der Waals surface area (Å²) in [5.74, 6) is -0.235. The van der Waals surface area contributed by atoms with Crippen molar-refractivity contribution in [2.75, 3.05) is 13.1 Å². The summed E-state index contributed by atoms with van der Waals surface area (Å²) in [6.45, 7) is 1.14. The molecule has 1 aromatic heterocycles. The first-order valence-electron chi connectivity index (χ1n) is 6.93. The Kier molecular flexibility index (Phi) is 3.76. The molecule has 0 spiro atoms. The molecule has 1 aromatic carbocycles. The minimum Gasteiger partial charge on any atom is -0.336 e. The van der Waals surface area contributed by atoms with E-state index in [1.807, 2.05) is 24.3 Å². The van der Waals surface area contributed by atoms with Crippen molar-refractivity contribution in [3.8, 4) is 6.07 Å². The summed E-state index contributed by atoms with van der Waals surface area (Å²) in [4.78, 5) is 18.5. The Labute approximate surface area is 127 Å². The van der Waals surface area contributed by atoms with Crippen molar-refractivity contribution in [3.05, 3.63) is 41.2 Å². The Hall–Kier alpha value is -2.12. The molecule has 1 fully saturated rings. The number of carbonyl (C=O) groups is 1. The van der Waals surface area contributed by atoms with E-state index in [4.69, 9.17) is 16.9 Å². The summed E-state index contributed by atoms with van der Waals surface area (Å²) in [7, 11) is 0. The number of carbonyl (C=O) groups excluding carboxylic acids is 1. The van der Waals surface area contributed by atoms with Gasteiger partial charge in [-0.3, -0.25) is 4.79 Å². The van der Waals surface area contributed by atoms with E-state index in [1.165, 1.54) is 0 Å². The van der Waals surface area contributed by atoms with E-state index >= 15 is 0 Å². The molecule has 21 heavy (non-hydrogen) atoms. The summed E-state index contributed by atoms with van der Waals surface area (Å²) >= 11 is 6.17. The lowest BCUT2D eigenvalue weighted by Crippen LogP contribution is -2.39. The standard InChI is InChI=1S/C16H14ClN3O/c17-15-13-6-2-1-5-12(13)8-14(19-15)16(21)20-7-3-4-11(9-18)10-20/h1-2,5-6,8,11H,3-4,7,10H2. The average molecular weight is 300 g/mol. The summed E-state index contributed by atoms with van der Waals surface area (Å²) < 4.78 is 0. The molecule has 0 radical (unpaired) electrons. The van der Waals surface area contributed by atoms with E-state index in [-0.39, 0.29) is 11.8 Å². The second kappa shape index (κ2) is 5.71. The lowest BCUT2D eigenvalue weighted by Gasteiger charge is -2.29. The molecule has 0 N–H and O–H groups in total. The van der Waals surface area contributed by atoms with Crippen LogP contribution >= 0.6 is 11.6 Å². The van der Waals surface area contributed by atoms with Crippen LogP contribution in [0.25, 0.3) is 10.8 Å². The zero-order chi connectivity index (χ0) is 14.8. The highest BCUT2D eigenvalue weighted by atomic mass is 35.5. The number of nitriles is 1. The van der Waals surface area contributed by atoms with Crippen molar-refractivity contribution in [1.29, 1.82) is 5.26 Å². The van der Waals surface area contributed by atoms with E-state index < -0.39 is 0 Å². The van der Waals surface area contributed by atoms with Gasteiger partial charge in [0.1, 0.15) is 10.8 Å². The third kappa shape index (κ3) is 2.70. The Morgan fingerprint density at radius 2 is 2.24 bits per heavy atom. The van der Waals surface area contributed by atoms with Crippen LogP contribution in [0.15, 0.2) is 30.3 Å². The molecule has 2 aromatic rings. The number of rotatable bonds is 1. The maximum Gasteiger partial charge on any atom is 0.272 e. The molecule has 1 aliphatic rings. The lowest BCUT2D eigenvalue weighted by atomic mass is 9.99. The molecule has 1 atom stereocenters. The maximum atomic E-state index is 12.6. The second-order valence-electron chi connectivity index (χ2n) is 5.24. The number of aromatic nitrogens is 1. The first kappa shape index (κ1) is 13.8. The van der Waals surface area contributed by atoms with Crippen molar-refractivity contribution in [3.63, 3.8) is 0 Å². The van der Waals surface area contributed by atoms with Crippen LogP contribution in [-0.4, -0.2) is 28.9 Å². The van der Waals surface area contributed by atoms with Crippen molar-refractivity contribution in [2.45, 2.75) is 12.8 Å². The SMILES string of the molecule is N#CC1CCCN(C(=O)c2cc3ccccc3c(Cl)n2)C1. The van der Waals surface area contributed by atoms with Crippen molar-refractivity contribution >= 4 is 28.3 Å². The van der Waals surface area contributed by atoms with E-state index in [1.54, 1.807) is 11.0 Å². The van der Waals surface area contributed by atoms with E-state index in [9.17, 15) is 4.79 Å². The molecule has 0 bridgehead atoms. The molecule has 1 unspecified atom stereocenters. The molecule has 5 heteroatoms. The largest absolute Gasteiger partial charge is 0.336 e. The molecule has 1 amide bonds. The zero-order valence-electron chi connectivity index (χ0n) is 11.4. The van der Waals surface area contributed by atoms with Gasteiger partial charge in [-0.05, 0) is 24.3 Å². The first-order chi connectivity index (χ1) is 10.2. The smallest absolute Gasteiger partial charge is 0.272 e. The topological polar surface area (TPSA) is 57.0 Å². The molecular formula is C16H14ClN3O. The number of pyridine rings is 1. The minimum atomic E-state index is -0.150. The van der Waals surface area contributed by atoms with Gasteiger partial charge in [0.05, 0.1) is 12.0 Å². The number of nitrogens with zero attached hydrogens (tertiary/aromatic N) is 3. The Balaban J connectivity index is 1.93. The quantitative estimate of drug-likeness (QED) is 0.759. The summed E-state index contributed by atoms with van der Waals surface area (Å²) in [5.41, 5.74) is 0.345. The number of piperidine rings is 1. The predicted molar refractivity (Wildman–Crippen MR) is 81.0 cm³/mol. The van der Waals surface area contributed by atoms with E-state index in [0.717, 1.165) is 23.6 Å². The van der Waals surface area contributed by atoms with Gasteiger partial charge in [0, 0.05) is 18.5 Å². The predicted octanol–water partition coefficient (Wildman–Crippen LogP) is 3.26. The molecule has 0 aliphatic carbocycles. The highest BCUT2D eigenvalue weighted by Gasteiger charge is 2.25. The van der Waals surface area contributed by atoms with Gasteiger partial charge in [-0.2, -0.15) is 5.26 Å². The van der Waals surface area contributed by atoms with E-state index in [0.29, 0.717) is 23.9 Å². The van der Waals surface area contributed by atoms with Gasteiger partial charge < -0.3 is 4.90 Å². The second-order valence-corrected chi connectivity index (χ2v) is 5.60. The molecule has 106 valence electrons. The molecule has 0 saturated carbocycles. The molecule has 1 aliphatic heterocycles. The molecular weight excluding hydrogens is 286 g/mol. The van der Waals surface area contributed by atoms with Gasteiger partial charge in [-0.1, -0.05) is 35.9 Å². The molecule has 1 saturated heterocycles. The number of hydrogen-bond acceptors (Lipinski definition) is 3. The third-order valence-electron chi connectivity index (χ3n) is 3.80. The normalized spacial score (nSPS) is 18.5. The summed E-state index contributed by atoms with van der Waals surface area (Å²) in [5, 5.41) is 11.1. The van der Waals surface area contributed by atoms with Crippen LogP contribution in [0.2, 0.25) is 5.15 Å². The average Bonchev–Trinajstić information content (AvgIpc) is 2.54. The number of halogens is 1. The highest BCUT2D eigenvalue weighted by Crippen LogP contribution is 2.24. The van der Waals surface area contributed by atoms with Crippen LogP contribution in [0.4, 0.5) is 0 Å². The van der Waals surface area contributed by atoms with Crippen molar-refractivity contribution < 1.29 is 4.79 Å². The van der Waals surface area contributed by atoms with Crippen LogP contribution in [0, 0.1) is 17.2 Å². The number of hydrogen-bond donors (Lipinski definition) is 0. The lowest BCUT2D eigenvalue weighted by molar-refractivity contribution is 0.0693. The highest BCUT2D eigenvalue weighted by molar-refractivity contribution is 6.34. The monoisotopic (exact) mass is 299 g/mol. The number of likely N-dealkylation sites (tertiary alicyclic amines) is 1. The van der Waals surface area contributed by atoms with Gasteiger partial charge in [0.2, 0.25) is 0 Å². The van der Waals surface area contributed by atoms with Gasteiger partial charge in [-0.25, -0.2) is 4.98 Å². The maximum absolute atomic E-state index is 12.6. The fourth-order valence-electron chi connectivity index (χ4n) is 2.69. The fourth-order valence-corrected chi connectivity index (χ4v) is 2.96. The van der Waals surface area contributed by atoms with Crippen LogP contribution in [0.5, 0.6) is 0 Å². The van der Waals surface area contributed by atoms with Gasteiger partial charge in [0.15, 0.2) is 0 Å². The molecule has 3 rings (SSSR count). The van der Waals surface area contributed by atoms with Gasteiger partial charge in [-0.15, -0.1) is 0 Å². The van der Waals surface area contributed by atoms with Crippen LogP contribution in [-0.2, 0) is 0 Å². The van der Waals surface area contributed by atoms with Crippen LogP contribution in [0.3, 0.4) is 0 Å². The summed E-state index contributed by atoms with van der Waals surface area (Å²) in [6.07, 6.45) is 1.71. The Bertz CT molecular complexity index is 738. The van der Waals surface area contributed by atoms with Crippen LogP contribution in [0.1, 0.15) is 23.3 Å². The van der Waals surface area contributed by atoms with Crippen molar-refractivity contribution in [1.82, 2.24) is 9.88 Å². The Morgan fingerprint density at radius 1 is 1.43 bits per heavy atom. The van der Waals surface area contributed by atoms with E-state index in [2.05, 4.69) is 11.1 Å². The van der Waals surface area contributed by atoms with Crippen LogP contribution < -0.4 is 0 Å². The minimum absolute atomic E-state index is 0.0846. The number of fused-ring (bicyclic) bond motifs is 1. The fraction of sp³-hybridized carbons (Fsp3) is 0.312. The van der Waals surface area contributed by atoms with Gasteiger partial charge >= 0.3 is 0 Å². The number of amides is 1. The van der Waals surface area contributed by atoms with Gasteiger partial charge in [0.25, 0.3) is 5.91 Å². The molecule has 4 nitrogen and oxygen atoms in total. The summed E-state index contributed by atoms with van der Waals surface area (Å²) in [6, 6.07) is 11.6. The molecule has 2 heterocycles. The zero-order valence-corrected chi connectivity index (χ0v) is 12.2. The van der Waals surface area contributed by atoms with Crippen molar-refractivity contribution in [2.24, 2.45) is 5.92 Å². The number of benzene rings is 1. The third-order valence-corrected chi connectivity index (χ3v) is 4.09. The Morgan fingerprint density at radius 3 is 3.05 bits per heavy atom. The first-order valence-corrected chi connectivity index (χ1v) is 7.31.